The molecular weight excluding hydrogens is 268 g/mol. The van der Waals surface area contributed by atoms with Crippen LogP contribution in [0.3, 0.4) is 0 Å². The third-order valence-corrected chi connectivity index (χ3v) is 2.81. The largest absolute Gasteiger partial charge is 0.480 e. The van der Waals surface area contributed by atoms with Gasteiger partial charge in [0.25, 0.3) is 0 Å². The summed E-state index contributed by atoms with van der Waals surface area (Å²) in [5.74, 6) is 0.178. The minimum atomic E-state index is -1.74. The lowest BCUT2D eigenvalue weighted by Gasteiger charge is -2.26. The molecule has 20 heavy (non-hydrogen) atoms. The molecule has 0 aliphatic carbocycles. The summed E-state index contributed by atoms with van der Waals surface area (Å²) >= 11 is 0. The van der Waals surface area contributed by atoms with Crippen LogP contribution in [0.2, 0.25) is 0 Å². The molecule has 0 fully saturated rings. The molecular formula is C13H18O7. The molecule has 7 nitrogen and oxygen atoms in total. The van der Waals surface area contributed by atoms with E-state index in [1.54, 1.807) is 18.2 Å². The SMILES string of the molecule is O=C[C@H](Oc1ccccc1CO)[C@@H](O)[C@H](O)[C@H](O)CO. The first-order valence-electron chi connectivity index (χ1n) is 6.01. The fourth-order valence-electron chi connectivity index (χ4n) is 1.60. The molecule has 0 spiro atoms. The number of ether oxygens (including phenoxy) is 1. The Morgan fingerprint density at radius 3 is 2.30 bits per heavy atom. The molecule has 0 bridgehead atoms. The molecule has 0 saturated heterocycles. The first kappa shape index (κ1) is 16.5. The summed E-state index contributed by atoms with van der Waals surface area (Å²) in [5, 5.41) is 46.4. The van der Waals surface area contributed by atoms with E-state index >= 15 is 0 Å². The maximum absolute atomic E-state index is 11.0. The summed E-state index contributed by atoms with van der Waals surface area (Å²) < 4.78 is 5.23. The van der Waals surface area contributed by atoms with Crippen LogP contribution in [-0.2, 0) is 11.4 Å². The molecule has 0 heterocycles. The van der Waals surface area contributed by atoms with Gasteiger partial charge in [-0.25, -0.2) is 0 Å². The maximum Gasteiger partial charge on any atom is 0.182 e. The van der Waals surface area contributed by atoms with Gasteiger partial charge in [0.1, 0.15) is 24.1 Å². The van der Waals surface area contributed by atoms with E-state index in [-0.39, 0.29) is 18.6 Å². The van der Waals surface area contributed by atoms with Crippen LogP contribution in [0.1, 0.15) is 5.56 Å². The Kier molecular flexibility index (Phi) is 6.56. The molecule has 4 atom stereocenters. The average Bonchev–Trinajstić information content (AvgIpc) is 2.50. The molecule has 112 valence electrons. The standard InChI is InChI=1S/C13H18O7/c14-5-8-3-1-2-4-10(8)20-11(7-16)13(19)12(18)9(17)6-15/h1-4,7,9,11-15,17-19H,5-6H2/t9-,11+,12-,13-/m1/s1. The molecule has 0 aliphatic rings. The number of benzene rings is 1. The van der Waals surface area contributed by atoms with Gasteiger partial charge in [0.05, 0.1) is 13.2 Å². The van der Waals surface area contributed by atoms with Crippen LogP contribution in [0.15, 0.2) is 24.3 Å². The molecule has 1 aromatic rings. The third kappa shape index (κ3) is 3.99. The Morgan fingerprint density at radius 1 is 1.10 bits per heavy atom. The van der Waals surface area contributed by atoms with Gasteiger partial charge in [-0.1, -0.05) is 18.2 Å². The summed E-state index contributed by atoms with van der Waals surface area (Å²) in [5.41, 5.74) is 0.406. The quantitative estimate of drug-likeness (QED) is 0.357. The van der Waals surface area contributed by atoms with Crippen molar-refractivity contribution in [1.29, 1.82) is 0 Å². The van der Waals surface area contributed by atoms with Gasteiger partial charge >= 0.3 is 0 Å². The normalized spacial score (nSPS) is 17.1. The molecule has 0 aliphatic heterocycles. The molecule has 7 heteroatoms. The summed E-state index contributed by atoms with van der Waals surface area (Å²) in [4.78, 5) is 11.0. The zero-order chi connectivity index (χ0) is 15.1. The molecule has 1 rings (SSSR count). The van der Waals surface area contributed by atoms with E-state index < -0.39 is 31.0 Å². The maximum atomic E-state index is 11.0. The van der Waals surface area contributed by atoms with E-state index in [1.165, 1.54) is 6.07 Å². The number of hydrogen-bond acceptors (Lipinski definition) is 7. The molecule has 0 amide bonds. The zero-order valence-electron chi connectivity index (χ0n) is 10.7. The van der Waals surface area contributed by atoms with Crippen molar-refractivity contribution in [2.24, 2.45) is 0 Å². The molecule has 1 aromatic carbocycles. The monoisotopic (exact) mass is 286 g/mol. The zero-order valence-corrected chi connectivity index (χ0v) is 10.7. The van der Waals surface area contributed by atoms with Crippen molar-refractivity contribution in [1.82, 2.24) is 0 Å². The van der Waals surface area contributed by atoms with E-state index in [2.05, 4.69) is 0 Å². The highest BCUT2D eigenvalue weighted by molar-refractivity contribution is 5.58. The number of aliphatic hydroxyl groups excluding tert-OH is 5. The second kappa shape index (κ2) is 7.93. The van der Waals surface area contributed by atoms with Gasteiger partial charge in [-0.05, 0) is 6.07 Å². The Labute approximate surface area is 115 Å². The summed E-state index contributed by atoms with van der Waals surface area (Å²) in [7, 11) is 0. The van der Waals surface area contributed by atoms with Crippen molar-refractivity contribution in [3.8, 4) is 5.75 Å². The highest BCUT2D eigenvalue weighted by Crippen LogP contribution is 2.20. The number of carbonyl (C=O) groups excluding carboxylic acids is 1. The topological polar surface area (TPSA) is 127 Å². The molecule has 0 aromatic heterocycles. The van der Waals surface area contributed by atoms with Crippen LogP contribution < -0.4 is 4.74 Å². The Bertz CT molecular complexity index is 423. The van der Waals surface area contributed by atoms with Crippen molar-refractivity contribution in [3.63, 3.8) is 0 Å². The van der Waals surface area contributed by atoms with Gasteiger partial charge < -0.3 is 30.3 Å². The van der Waals surface area contributed by atoms with E-state index in [9.17, 15) is 20.1 Å². The predicted octanol–water partition coefficient (Wildman–Crippen LogP) is -1.80. The fraction of sp³-hybridized carbons (Fsp3) is 0.462. The van der Waals surface area contributed by atoms with Crippen LogP contribution in [0.4, 0.5) is 0 Å². The highest BCUT2D eigenvalue weighted by atomic mass is 16.5. The van der Waals surface area contributed by atoms with Crippen LogP contribution in [0.5, 0.6) is 5.75 Å². The molecule has 0 radical (unpaired) electrons. The van der Waals surface area contributed by atoms with Crippen molar-refractivity contribution in [2.75, 3.05) is 6.61 Å². The fourth-order valence-corrected chi connectivity index (χ4v) is 1.60. The Balaban J connectivity index is 2.83. The van der Waals surface area contributed by atoms with E-state index in [4.69, 9.17) is 14.9 Å². The van der Waals surface area contributed by atoms with Crippen LogP contribution in [0.25, 0.3) is 0 Å². The van der Waals surface area contributed by atoms with E-state index in [0.29, 0.717) is 5.56 Å². The number of rotatable bonds is 8. The Morgan fingerprint density at radius 2 is 1.75 bits per heavy atom. The number of carbonyl (C=O) groups is 1. The summed E-state index contributed by atoms with van der Waals surface area (Å²) in [6, 6.07) is 6.34. The van der Waals surface area contributed by atoms with Gasteiger partial charge in [0.15, 0.2) is 12.4 Å². The van der Waals surface area contributed by atoms with Crippen LogP contribution in [0, 0.1) is 0 Å². The number of aliphatic hydroxyl groups is 5. The lowest BCUT2D eigenvalue weighted by atomic mass is 10.0. The third-order valence-electron chi connectivity index (χ3n) is 2.81. The van der Waals surface area contributed by atoms with Gasteiger partial charge in [-0.15, -0.1) is 0 Å². The van der Waals surface area contributed by atoms with E-state index in [1.807, 2.05) is 0 Å². The van der Waals surface area contributed by atoms with E-state index in [0.717, 1.165) is 0 Å². The Hall–Kier alpha value is -1.51. The highest BCUT2D eigenvalue weighted by Gasteiger charge is 2.32. The van der Waals surface area contributed by atoms with Crippen LogP contribution >= 0.6 is 0 Å². The number of hydrogen-bond donors (Lipinski definition) is 5. The van der Waals surface area contributed by atoms with Gasteiger partial charge in [-0.2, -0.15) is 0 Å². The van der Waals surface area contributed by atoms with Gasteiger partial charge in [-0.3, -0.25) is 4.79 Å². The first-order valence-corrected chi connectivity index (χ1v) is 6.01. The number of aldehydes is 1. The first-order chi connectivity index (χ1) is 9.54. The molecule has 5 N–H and O–H groups in total. The van der Waals surface area contributed by atoms with Crippen molar-refractivity contribution in [3.05, 3.63) is 29.8 Å². The minimum Gasteiger partial charge on any atom is -0.480 e. The summed E-state index contributed by atoms with van der Waals surface area (Å²) in [6.45, 7) is -1.09. The molecule has 0 unspecified atom stereocenters. The van der Waals surface area contributed by atoms with Crippen molar-refractivity contribution in [2.45, 2.75) is 31.0 Å². The lowest BCUT2D eigenvalue weighted by Crippen LogP contribution is -2.48. The molecule has 0 saturated carbocycles. The smallest absolute Gasteiger partial charge is 0.182 e. The van der Waals surface area contributed by atoms with Crippen molar-refractivity contribution < 1.29 is 35.1 Å². The van der Waals surface area contributed by atoms with Crippen molar-refractivity contribution >= 4 is 6.29 Å². The second-order valence-corrected chi connectivity index (χ2v) is 4.22. The van der Waals surface area contributed by atoms with Gasteiger partial charge in [0, 0.05) is 5.56 Å². The summed E-state index contributed by atoms with van der Waals surface area (Å²) in [6.07, 6.45) is -6.23. The average molecular weight is 286 g/mol. The van der Waals surface area contributed by atoms with Gasteiger partial charge in [0.2, 0.25) is 0 Å². The van der Waals surface area contributed by atoms with Crippen LogP contribution in [-0.4, -0.2) is 62.8 Å². The number of para-hydroxylation sites is 1. The lowest BCUT2D eigenvalue weighted by molar-refractivity contribution is -0.133. The second-order valence-electron chi connectivity index (χ2n) is 4.22. The predicted molar refractivity (Wildman–Crippen MR) is 68.0 cm³/mol. The minimum absolute atomic E-state index is 0.178.